The molecule has 1 heterocycles. The molecule has 0 aliphatic carbocycles. The summed E-state index contributed by atoms with van der Waals surface area (Å²) in [5.74, 6) is -0.915. The van der Waals surface area contributed by atoms with Crippen LogP contribution in [0.5, 0.6) is 0 Å². The number of ether oxygens (including phenoxy) is 1. The highest BCUT2D eigenvalue weighted by atomic mass is 16.5. The third-order valence-corrected chi connectivity index (χ3v) is 3.04. The van der Waals surface area contributed by atoms with Gasteiger partial charge in [-0.1, -0.05) is 13.8 Å². The minimum Gasteiger partial charge on any atom is -0.477 e. The molecule has 4 N–H and O–H groups in total. The Hall–Kier alpha value is -2.02. The van der Waals surface area contributed by atoms with E-state index in [4.69, 9.17) is 9.84 Å². The van der Waals surface area contributed by atoms with Gasteiger partial charge in [-0.15, -0.1) is 0 Å². The number of H-pyrrole nitrogens is 1. The summed E-state index contributed by atoms with van der Waals surface area (Å²) in [6.45, 7) is 8.56. The van der Waals surface area contributed by atoms with Gasteiger partial charge in [0.25, 0.3) is 0 Å². The lowest BCUT2D eigenvalue weighted by molar-refractivity contribution is 0.0692. The minimum atomic E-state index is -1.12. The Morgan fingerprint density at radius 1 is 1.43 bits per heavy atom. The van der Waals surface area contributed by atoms with Crippen LogP contribution in [0.25, 0.3) is 0 Å². The number of hydrogen-bond acceptors (Lipinski definition) is 3. The van der Waals surface area contributed by atoms with Crippen molar-refractivity contribution in [2.75, 3.05) is 18.5 Å². The smallest absolute Gasteiger partial charge is 0.354 e. The van der Waals surface area contributed by atoms with Gasteiger partial charge in [0.2, 0.25) is 0 Å². The van der Waals surface area contributed by atoms with Gasteiger partial charge >= 0.3 is 12.0 Å². The predicted molar refractivity (Wildman–Crippen MR) is 79.8 cm³/mol. The first-order chi connectivity index (χ1) is 9.85. The number of carboxylic acids is 1. The van der Waals surface area contributed by atoms with Gasteiger partial charge in [-0.2, -0.15) is 0 Å². The van der Waals surface area contributed by atoms with Crippen LogP contribution < -0.4 is 10.6 Å². The number of nitrogens with one attached hydrogen (secondary N) is 3. The van der Waals surface area contributed by atoms with Gasteiger partial charge < -0.3 is 25.5 Å². The number of aromatic nitrogens is 1. The average Bonchev–Trinajstić information content (AvgIpc) is 2.75. The molecule has 7 nitrogen and oxygen atoms in total. The number of aromatic amines is 1. The largest absolute Gasteiger partial charge is 0.477 e. The van der Waals surface area contributed by atoms with Gasteiger partial charge in [0.1, 0.15) is 5.69 Å². The molecule has 0 bridgehead atoms. The molecule has 1 aromatic heterocycles. The van der Waals surface area contributed by atoms with Crippen LogP contribution in [-0.2, 0) is 4.74 Å². The van der Waals surface area contributed by atoms with Crippen LogP contribution in [0.15, 0.2) is 6.07 Å². The molecular weight excluding hydrogens is 274 g/mol. The molecule has 0 spiro atoms. The summed E-state index contributed by atoms with van der Waals surface area (Å²) in [4.78, 5) is 25.7. The first-order valence-electron chi connectivity index (χ1n) is 6.93. The van der Waals surface area contributed by atoms with Crippen molar-refractivity contribution in [3.63, 3.8) is 0 Å². The summed E-state index contributed by atoms with van der Waals surface area (Å²) in [6.07, 6.45) is 0. The molecule has 118 valence electrons. The van der Waals surface area contributed by atoms with Crippen LogP contribution in [0.3, 0.4) is 0 Å². The van der Waals surface area contributed by atoms with E-state index in [9.17, 15) is 9.59 Å². The molecule has 0 saturated heterocycles. The quantitative estimate of drug-likeness (QED) is 0.619. The minimum absolute atomic E-state index is 0.0337. The van der Waals surface area contributed by atoms with Crippen LogP contribution >= 0.6 is 0 Å². The number of rotatable bonds is 7. The maximum Gasteiger partial charge on any atom is 0.354 e. The van der Waals surface area contributed by atoms with E-state index in [1.807, 2.05) is 20.8 Å². The Labute approximate surface area is 124 Å². The van der Waals surface area contributed by atoms with Crippen LogP contribution in [0.1, 0.15) is 37.0 Å². The van der Waals surface area contributed by atoms with Crippen molar-refractivity contribution in [2.45, 2.75) is 33.7 Å². The van der Waals surface area contributed by atoms with Crippen molar-refractivity contribution in [2.24, 2.45) is 5.92 Å². The Balaban J connectivity index is 2.70. The van der Waals surface area contributed by atoms with Crippen molar-refractivity contribution in [3.05, 3.63) is 17.5 Å². The molecule has 0 aliphatic rings. The number of carbonyl (C=O) groups excluding carboxylic acids is 1. The molecule has 1 atom stereocenters. The monoisotopic (exact) mass is 297 g/mol. The van der Waals surface area contributed by atoms with E-state index >= 15 is 0 Å². The molecular formula is C14H23N3O4. The molecule has 0 radical (unpaired) electrons. The van der Waals surface area contributed by atoms with Gasteiger partial charge in [0.15, 0.2) is 0 Å². The number of aryl methyl sites for hydroxylation is 1. The third kappa shape index (κ3) is 5.11. The predicted octanol–water partition coefficient (Wildman–Crippen LogP) is 2.20. The Morgan fingerprint density at radius 3 is 2.62 bits per heavy atom. The fourth-order valence-corrected chi connectivity index (χ4v) is 1.83. The van der Waals surface area contributed by atoms with E-state index in [1.54, 1.807) is 13.0 Å². The highest BCUT2D eigenvalue weighted by molar-refractivity contribution is 5.99. The van der Waals surface area contributed by atoms with Gasteiger partial charge in [-0.3, -0.25) is 0 Å². The zero-order valence-corrected chi connectivity index (χ0v) is 12.8. The Kier molecular flexibility index (Phi) is 6.23. The van der Waals surface area contributed by atoms with Crippen LogP contribution in [0.2, 0.25) is 0 Å². The fourth-order valence-electron chi connectivity index (χ4n) is 1.83. The Bertz CT molecular complexity index is 496. The van der Waals surface area contributed by atoms with E-state index in [0.717, 1.165) is 0 Å². The summed E-state index contributed by atoms with van der Waals surface area (Å²) in [5.41, 5.74) is 0.877. The standard InChI is InChI=1S/C14H23N3O4/c1-5-21-7-11(8(2)3)17-14(20)16-10-6-9(4)15-12(10)13(18)19/h6,8,11,15H,5,7H2,1-4H3,(H,18,19)(H2,16,17,20). The molecule has 0 aromatic carbocycles. The zero-order valence-electron chi connectivity index (χ0n) is 12.8. The number of aromatic carboxylic acids is 1. The second-order valence-electron chi connectivity index (χ2n) is 5.15. The van der Waals surface area contributed by atoms with Crippen LogP contribution in [0.4, 0.5) is 10.5 Å². The van der Waals surface area contributed by atoms with Gasteiger partial charge in [0, 0.05) is 12.3 Å². The molecule has 7 heteroatoms. The number of urea groups is 1. The van der Waals surface area contributed by atoms with Gasteiger partial charge in [-0.05, 0) is 25.8 Å². The van der Waals surface area contributed by atoms with E-state index in [0.29, 0.717) is 18.9 Å². The number of anilines is 1. The first kappa shape index (κ1) is 17.0. The van der Waals surface area contributed by atoms with E-state index in [-0.39, 0.29) is 23.3 Å². The molecule has 1 unspecified atom stereocenters. The van der Waals surface area contributed by atoms with E-state index < -0.39 is 12.0 Å². The SMILES string of the molecule is CCOCC(NC(=O)Nc1cc(C)[nH]c1C(=O)O)C(C)C. The first-order valence-corrected chi connectivity index (χ1v) is 6.93. The molecule has 21 heavy (non-hydrogen) atoms. The number of carbonyl (C=O) groups is 2. The molecule has 0 fully saturated rings. The molecule has 0 saturated carbocycles. The van der Waals surface area contributed by atoms with Gasteiger partial charge in [0.05, 0.1) is 18.3 Å². The normalized spacial score (nSPS) is 12.2. The summed E-state index contributed by atoms with van der Waals surface area (Å²) >= 11 is 0. The maximum absolute atomic E-state index is 12.0. The fraction of sp³-hybridized carbons (Fsp3) is 0.571. The zero-order chi connectivity index (χ0) is 16.0. The average molecular weight is 297 g/mol. The van der Waals surface area contributed by atoms with Crippen molar-refractivity contribution >= 4 is 17.7 Å². The molecule has 1 rings (SSSR count). The van der Waals surface area contributed by atoms with Crippen LogP contribution in [-0.4, -0.2) is 41.3 Å². The van der Waals surface area contributed by atoms with Gasteiger partial charge in [-0.25, -0.2) is 9.59 Å². The topological polar surface area (TPSA) is 103 Å². The third-order valence-electron chi connectivity index (χ3n) is 3.04. The number of carboxylic acid groups (broad SMARTS) is 1. The van der Waals surface area contributed by atoms with E-state index in [2.05, 4.69) is 15.6 Å². The van der Waals surface area contributed by atoms with Crippen molar-refractivity contribution in [3.8, 4) is 0 Å². The van der Waals surface area contributed by atoms with Crippen molar-refractivity contribution in [1.82, 2.24) is 10.3 Å². The summed E-state index contributed by atoms with van der Waals surface area (Å²) in [7, 11) is 0. The Morgan fingerprint density at radius 2 is 2.10 bits per heavy atom. The summed E-state index contributed by atoms with van der Waals surface area (Å²) in [5, 5.41) is 14.4. The second-order valence-corrected chi connectivity index (χ2v) is 5.15. The molecule has 2 amide bonds. The van der Waals surface area contributed by atoms with Crippen molar-refractivity contribution in [1.29, 1.82) is 0 Å². The summed E-state index contributed by atoms with van der Waals surface area (Å²) in [6, 6.07) is 0.990. The van der Waals surface area contributed by atoms with Crippen LogP contribution in [0, 0.1) is 12.8 Å². The summed E-state index contributed by atoms with van der Waals surface area (Å²) < 4.78 is 5.33. The lowest BCUT2D eigenvalue weighted by Gasteiger charge is -2.22. The molecule has 1 aromatic rings. The number of hydrogen-bond donors (Lipinski definition) is 4. The highest BCUT2D eigenvalue weighted by Crippen LogP contribution is 2.16. The lowest BCUT2D eigenvalue weighted by Crippen LogP contribution is -2.44. The highest BCUT2D eigenvalue weighted by Gasteiger charge is 2.19. The van der Waals surface area contributed by atoms with E-state index in [1.165, 1.54) is 0 Å². The second kappa shape index (κ2) is 7.68. The number of amides is 2. The lowest BCUT2D eigenvalue weighted by atomic mass is 10.1. The maximum atomic E-state index is 12.0. The molecule has 0 aliphatic heterocycles. The van der Waals surface area contributed by atoms with Crippen molar-refractivity contribution < 1.29 is 19.4 Å².